The lowest BCUT2D eigenvalue weighted by molar-refractivity contribution is -0.153. The van der Waals surface area contributed by atoms with Crippen molar-refractivity contribution in [2.24, 2.45) is 11.3 Å². The van der Waals surface area contributed by atoms with Gasteiger partial charge >= 0.3 is 12.1 Å². The van der Waals surface area contributed by atoms with Crippen LogP contribution in [0.1, 0.15) is 76.7 Å². The monoisotopic (exact) mass is 656 g/mol. The molecule has 3 fully saturated rings. The summed E-state index contributed by atoms with van der Waals surface area (Å²) in [5.41, 5.74) is -0.751. The number of hydrogen-bond acceptors (Lipinski definition) is 9. The Hall–Kier alpha value is -3.51. The van der Waals surface area contributed by atoms with Crippen molar-refractivity contribution in [1.29, 1.82) is 0 Å². The number of aromatic nitrogens is 1. The maximum atomic E-state index is 14.9. The van der Waals surface area contributed by atoms with Crippen LogP contribution < -0.4 is 10.1 Å². The highest BCUT2D eigenvalue weighted by Crippen LogP contribution is 2.50. The van der Waals surface area contributed by atoms with Crippen LogP contribution in [0.3, 0.4) is 0 Å². The molecule has 2 aliphatic carbocycles. The van der Waals surface area contributed by atoms with E-state index in [-0.39, 0.29) is 53.3 Å². The zero-order valence-electron chi connectivity index (χ0n) is 28.5. The summed E-state index contributed by atoms with van der Waals surface area (Å²) in [7, 11) is 2.95. The van der Waals surface area contributed by atoms with Gasteiger partial charge in [-0.1, -0.05) is 6.07 Å². The van der Waals surface area contributed by atoms with E-state index in [1.807, 2.05) is 23.6 Å². The normalized spacial score (nSPS) is 22.3. The largest absolute Gasteiger partial charge is 0.493 e. The van der Waals surface area contributed by atoms with Crippen LogP contribution in [0.15, 0.2) is 24.3 Å². The summed E-state index contributed by atoms with van der Waals surface area (Å²) in [5.74, 6) is -0.496. The fourth-order valence-electron chi connectivity index (χ4n) is 6.72. The third-order valence-corrected chi connectivity index (χ3v) is 9.69. The summed E-state index contributed by atoms with van der Waals surface area (Å²) in [4.78, 5) is 47.3. The molecule has 1 aromatic heterocycles. The van der Waals surface area contributed by atoms with Gasteiger partial charge in [-0.3, -0.25) is 9.59 Å². The molecule has 2 amide bonds. The standard InChI is InChI=1S/C35H49FN4O7/c1-22(2)40(31(41)28-17-29(46-16-8-15-44-5)26-9-7-10-27(36)30(26)38-28)25-13-14-35(37-19-25)18-23(35)20-39(24-11-12-24)33(43)47-21-34(3,4)32(42)45-6/h7,9-10,17,22-25,37H,8,11-16,18-21H2,1-6H3/t23-,25?,35?/m0/s1. The van der Waals surface area contributed by atoms with Gasteiger partial charge in [-0.05, 0) is 77.8 Å². The Balaban J connectivity index is 1.23. The van der Waals surface area contributed by atoms with E-state index in [0.717, 1.165) is 32.1 Å². The summed E-state index contributed by atoms with van der Waals surface area (Å²) >= 11 is 0. The van der Waals surface area contributed by atoms with Crippen molar-refractivity contribution in [2.45, 2.75) is 89.9 Å². The highest BCUT2D eigenvalue weighted by Gasteiger charge is 2.57. The van der Waals surface area contributed by atoms with Crippen molar-refractivity contribution < 1.29 is 37.7 Å². The number of hydrogen-bond donors (Lipinski definition) is 1. The molecule has 258 valence electrons. The van der Waals surface area contributed by atoms with Crippen molar-refractivity contribution in [3.05, 3.63) is 35.8 Å². The summed E-state index contributed by atoms with van der Waals surface area (Å²) in [6, 6.07) is 6.29. The van der Waals surface area contributed by atoms with Crippen molar-refractivity contribution in [1.82, 2.24) is 20.1 Å². The highest BCUT2D eigenvalue weighted by molar-refractivity contribution is 5.97. The second-order valence-electron chi connectivity index (χ2n) is 14.1. The molecular formula is C35H49FN4O7. The van der Waals surface area contributed by atoms with Crippen molar-refractivity contribution >= 4 is 28.9 Å². The first-order valence-corrected chi connectivity index (χ1v) is 16.7. The molecule has 1 N–H and O–H groups in total. The number of piperidine rings is 1. The predicted molar refractivity (Wildman–Crippen MR) is 174 cm³/mol. The Bertz CT molecular complexity index is 1450. The minimum absolute atomic E-state index is 0.0450. The van der Waals surface area contributed by atoms with E-state index in [9.17, 15) is 18.8 Å². The van der Waals surface area contributed by atoms with Crippen LogP contribution in [-0.4, -0.2) is 104 Å². The molecule has 2 heterocycles. The summed E-state index contributed by atoms with van der Waals surface area (Å²) < 4.78 is 36.4. The maximum Gasteiger partial charge on any atom is 0.410 e. The number of esters is 1. The Morgan fingerprint density at radius 2 is 1.89 bits per heavy atom. The van der Waals surface area contributed by atoms with Gasteiger partial charge < -0.3 is 34.1 Å². The number of amides is 2. The van der Waals surface area contributed by atoms with Crippen LogP contribution in [0.4, 0.5) is 9.18 Å². The van der Waals surface area contributed by atoms with Gasteiger partial charge in [0.1, 0.15) is 29.4 Å². The molecule has 2 saturated carbocycles. The zero-order chi connectivity index (χ0) is 33.9. The zero-order valence-corrected chi connectivity index (χ0v) is 28.5. The van der Waals surface area contributed by atoms with Gasteiger partial charge in [-0.25, -0.2) is 14.2 Å². The van der Waals surface area contributed by atoms with Crippen LogP contribution in [0, 0.1) is 17.2 Å². The molecule has 3 atom stereocenters. The van der Waals surface area contributed by atoms with E-state index >= 15 is 0 Å². The molecule has 3 aliphatic rings. The van der Waals surface area contributed by atoms with Crippen molar-refractivity contribution in [2.75, 3.05) is 47.1 Å². The molecule has 0 radical (unpaired) electrons. The minimum Gasteiger partial charge on any atom is -0.493 e. The summed E-state index contributed by atoms with van der Waals surface area (Å²) in [5, 5.41) is 4.25. The molecule has 2 aromatic rings. The Morgan fingerprint density at radius 3 is 2.53 bits per heavy atom. The Labute approximate surface area is 276 Å². The van der Waals surface area contributed by atoms with Crippen LogP contribution >= 0.6 is 0 Å². The highest BCUT2D eigenvalue weighted by atomic mass is 19.1. The van der Waals surface area contributed by atoms with Crippen LogP contribution in [0.5, 0.6) is 5.75 Å². The molecule has 11 nitrogen and oxygen atoms in total. The summed E-state index contributed by atoms with van der Waals surface area (Å²) in [6.07, 6.45) is 4.74. The van der Waals surface area contributed by atoms with E-state index in [1.54, 1.807) is 39.2 Å². The first-order valence-electron chi connectivity index (χ1n) is 16.7. The average molecular weight is 657 g/mol. The number of benzene rings is 1. The fraction of sp³-hybridized carbons (Fsp3) is 0.657. The van der Waals surface area contributed by atoms with E-state index in [0.29, 0.717) is 43.9 Å². The van der Waals surface area contributed by atoms with Crippen LogP contribution in [-0.2, 0) is 19.0 Å². The van der Waals surface area contributed by atoms with Gasteiger partial charge in [-0.15, -0.1) is 0 Å². The number of ether oxygens (including phenoxy) is 4. The Kier molecular flexibility index (Phi) is 10.6. The van der Waals surface area contributed by atoms with Gasteiger partial charge in [-0.2, -0.15) is 0 Å². The maximum absolute atomic E-state index is 14.9. The minimum atomic E-state index is -0.921. The van der Waals surface area contributed by atoms with Gasteiger partial charge in [0, 0.05) is 68.3 Å². The number of para-hydroxylation sites is 1. The second kappa shape index (κ2) is 14.3. The molecule has 1 aliphatic heterocycles. The van der Waals surface area contributed by atoms with E-state index in [2.05, 4.69) is 10.3 Å². The molecule has 1 saturated heterocycles. The topological polar surface area (TPSA) is 120 Å². The quantitative estimate of drug-likeness (QED) is 0.223. The Morgan fingerprint density at radius 1 is 1.13 bits per heavy atom. The molecule has 47 heavy (non-hydrogen) atoms. The molecule has 2 unspecified atom stereocenters. The van der Waals surface area contributed by atoms with E-state index in [1.165, 1.54) is 13.2 Å². The van der Waals surface area contributed by atoms with Crippen LogP contribution in [0.25, 0.3) is 10.9 Å². The number of nitrogens with one attached hydrogen (secondary N) is 1. The van der Waals surface area contributed by atoms with Crippen molar-refractivity contribution in [3.8, 4) is 5.75 Å². The third kappa shape index (κ3) is 7.80. The van der Waals surface area contributed by atoms with Gasteiger partial charge in [0.2, 0.25) is 0 Å². The molecular weight excluding hydrogens is 607 g/mol. The predicted octanol–water partition coefficient (Wildman–Crippen LogP) is 4.95. The number of rotatable bonds is 14. The van der Waals surface area contributed by atoms with Gasteiger partial charge in [0.05, 0.1) is 19.1 Å². The molecule has 1 aromatic carbocycles. The number of pyridine rings is 1. The third-order valence-electron chi connectivity index (χ3n) is 9.69. The lowest BCUT2D eigenvalue weighted by Gasteiger charge is -2.40. The molecule has 5 rings (SSSR count). The first kappa shape index (κ1) is 34.8. The molecule has 0 bridgehead atoms. The van der Waals surface area contributed by atoms with Gasteiger partial charge in [0.15, 0.2) is 0 Å². The number of carbonyl (C=O) groups excluding carboxylic acids is 3. The summed E-state index contributed by atoms with van der Waals surface area (Å²) in [6.45, 7) is 9.39. The second-order valence-corrected chi connectivity index (χ2v) is 14.1. The van der Waals surface area contributed by atoms with Crippen LogP contribution in [0.2, 0.25) is 0 Å². The SMILES string of the molecule is COCCCOc1cc(C(=O)N(C(C)C)C2CCC3(C[C@H]3CN(C(=O)OCC(C)(C)C(=O)OC)C3CC3)NC2)nc2c(F)cccc12. The van der Waals surface area contributed by atoms with Crippen molar-refractivity contribution in [3.63, 3.8) is 0 Å². The molecule has 1 spiro atoms. The van der Waals surface area contributed by atoms with Gasteiger partial charge in [0.25, 0.3) is 5.91 Å². The average Bonchev–Trinajstić information content (AvgIpc) is 3.99. The first-order chi connectivity index (χ1) is 22.4. The number of methoxy groups -OCH3 is 2. The fourth-order valence-corrected chi connectivity index (χ4v) is 6.72. The number of halogens is 1. The lowest BCUT2D eigenvalue weighted by Crippen LogP contribution is -2.55. The van der Waals surface area contributed by atoms with E-state index in [4.69, 9.17) is 18.9 Å². The number of carbonyl (C=O) groups is 3. The molecule has 12 heteroatoms. The number of fused-ring (bicyclic) bond motifs is 1. The van der Waals surface area contributed by atoms with E-state index < -0.39 is 23.3 Å². The lowest BCUT2D eigenvalue weighted by atomic mass is 9.94. The number of nitrogens with zero attached hydrogens (tertiary/aromatic N) is 3. The smallest absolute Gasteiger partial charge is 0.410 e.